The largest absolute Gasteiger partial charge is 0.300 e. The molecule has 20 heavy (non-hydrogen) atoms. The van der Waals surface area contributed by atoms with E-state index in [4.69, 9.17) is 8.22 Å². The van der Waals surface area contributed by atoms with Crippen LogP contribution in [0.4, 0.5) is 0 Å². The summed E-state index contributed by atoms with van der Waals surface area (Å²) in [5.41, 5.74) is 0. The fraction of sp³-hybridized carbons (Fsp3) is 0.667. The lowest BCUT2D eigenvalue weighted by molar-refractivity contribution is -0.115. The predicted octanol–water partition coefficient (Wildman–Crippen LogP) is 2.98. The molecule has 5 nitrogen and oxygen atoms in total. The minimum atomic E-state index is -2.39. The Morgan fingerprint density at radius 1 is 0.450 bits per heavy atom. The highest BCUT2D eigenvalue weighted by atomic mass is 16.2. The summed E-state index contributed by atoms with van der Waals surface area (Å²) in [6, 6.07) is 0. The van der Waals surface area contributed by atoms with Gasteiger partial charge in [0.05, 0.1) is 0 Å². The second-order valence-corrected chi connectivity index (χ2v) is 3.84. The molecule has 0 spiro atoms. The lowest BCUT2D eigenvalue weighted by Gasteiger charge is -1.56. The second-order valence-electron chi connectivity index (χ2n) is 3.84. The van der Waals surface area contributed by atoms with Crippen molar-refractivity contribution < 1.29 is 32.2 Å². The van der Waals surface area contributed by atoms with Crippen molar-refractivity contribution in [2.75, 3.05) is 0 Å². The van der Waals surface area contributed by atoms with E-state index in [1.165, 1.54) is 41.5 Å². The van der Waals surface area contributed by atoms with Gasteiger partial charge in [-0.3, -0.25) is 0 Å². The van der Waals surface area contributed by atoms with Crippen molar-refractivity contribution in [3.8, 4) is 0 Å². The molecule has 0 aliphatic heterocycles. The number of carbonyl (C=O) groups excluding carboxylic acids is 5. The topological polar surface area (TPSA) is 85.3 Å². The number of Topliss-reactive ketones (excluding diaryl/α,β-unsaturated/α-hetero) is 5. The minimum Gasteiger partial charge on any atom is -0.300 e. The molecule has 0 N–H and O–H groups in total. The number of hydrogen-bond acceptors (Lipinski definition) is 5. The van der Waals surface area contributed by atoms with Gasteiger partial charge in [0, 0.05) is 8.22 Å². The average Bonchev–Trinajstić information content (AvgIpc) is 2.23. The Balaban J connectivity index is -0.0000000728. The maximum absolute atomic E-state index is 9.90. The Morgan fingerprint density at radius 3 is 0.500 bits per heavy atom. The van der Waals surface area contributed by atoms with Crippen molar-refractivity contribution in [3.63, 3.8) is 0 Å². The molecule has 0 fully saturated rings. The lowest BCUT2D eigenvalue weighted by Crippen LogP contribution is -1.69. The van der Waals surface area contributed by atoms with Crippen molar-refractivity contribution in [2.24, 2.45) is 0 Å². The Kier molecular flexibility index (Phi) is 19.2. The minimum absolute atomic E-state index is 0.167. The molecule has 0 aliphatic rings. The van der Waals surface area contributed by atoms with E-state index in [0.29, 0.717) is 0 Å². The van der Waals surface area contributed by atoms with Crippen molar-refractivity contribution in [1.82, 2.24) is 0 Å². The molecule has 0 aromatic rings. The molecular weight excluding hydrogens is 267 g/mol. The van der Waals surface area contributed by atoms with Gasteiger partial charge in [0.15, 0.2) is 0 Å². The third kappa shape index (κ3) is 1420. The van der Waals surface area contributed by atoms with E-state index in [2.05, 4.69) is 0 Å². The third-order valence-corrected chi connectivity index (χ3v) is 0. The number of carbonyl (C=O) groups is 5. The summed E-state index contributed by atoms with van der Waals surface area (Å²) in [4.78, 5) is 48.1. The molecule has 0 rings (SSSR count). The van der Waals surface area contributed by atoms with Crippen LogP contribution in [0.1, 0.15) is 77.3 Å². The van der Waals surface area contributed by atoms with Gasteiger partial charge in [-0.2, -0.15) is 0 Å². The van der Waals surface area contributed by atoms with Crippen LogP contribution in [0.5, 0.6) is 0 Å². The standard InChI is InChI=1S/5C3H6O/c5*1-3(2)4/h5*1-2H3/i1+1,2+1,3+1;1+1,2+1;1D3,3+1;3+1;1D3. The molecule has 0 unspecified atom stereocenters. The SMILES string of the molecule is C[13C](C)=O.[13CH3]C([13CH3])=O.[13CH3][13C]([13CH3])=O.[2H]C([2H])([2H])C(C)=O.[2H]C([2H])([2H])[13C](C)=O. The maximum Gasteiger partial charge on any atom is 0.126 e. The molecule has 0 amide bonds. The van der Waals surface area contributed by atoms with Crippen LogP contribution < -0.4 is 0 Å². The first-order chi connectivity index (χ1) is 11.1. The molecule has 0 atom stereocenters. The van der Waals surface area contributed by atoms with Crippen LogP contribution in [0.2, 0.25) is 0 Å². The number of hydrogen-bond donors (Lipinski definition) is 0. The molecule has 0 heterocycles. The first-order valence-corrected chi connectivity index (χ1v) is 5.52. The van der Waals surface area contributed by atoms with Crippen LogP contribution in [0.15, 0.2) is 0 Å². The maximum atomic E-state index is 9.90. The summed E-state index contributed by atoms with van der Waals surface area (Å²) >= 11 is 0. The predicted molar refractivity (Wildman–Crippen MR) is 81.8 cm³/mol. The van der Waals surface area contributed by atoms with Crippen LogP contribution in [0, 0.1) is 0 Å². The van der Waals surface area contributed by atoms with Gasteiger partial charge in [-0.25, -0.2) is 0 Å². The van der Waals surface area contributed by atoms with Crippen molar-refractivity contribution in [1.29, 1.82) is 0 Å². The fourth-order valence-corrected chi connectivity index (χ4v) is 0. The number of ketones is 5. The monoisotopic (exact) mass is 303 g/mol. The molecule has 120 valence electrons. The molecular formula is C15H30O5. The Bertz CT molecular complexity index is 386. The molecule has 5 heteroatoms. The van der Waals surface area contributed by atoms with Crippen LogP contribution in [0.25, 0.3) is 0 Å². The van der Waals surface area contributed by atoms with Gasteiger partial charge in [-0.15, -0.1) is 0 Å². The van der Waals surface area contributed by atoms with Gasteiger partial charge < -0.3 is 24.0 Å². The summed E-state index contributed by atoms with van der Waals surface area (Å²) in [7, 11) is 0. The molecule has 0 saturated carbocycles. The zero-order valence-corrected chi connectivity index (χ0v) is 13.5. The Morgan fingerprint density at radius 2 is 0.500 bits per heavy atom. The van der Waals surface area contributed by atoms with E-state index in [1.807, 2.05) is 0 Å². The van der Waals surface area contributed by atoms with E-state index >= 15 is 0 Å². The van der Waals surface area contributed by atoms with E-state index in [9.17, 15) is 24.0 Å². The normalized spacial score (nSPS) is 12.2. The summed E-state index contributed by atoms with van der Waals surface area (Å²) in [5, 5.41) is 0. The van der Waals surface area contributed by atoms with Crippen molar-refractivity contribution in [3.05, 3.63) is 0 Å². The van der Waals surface area contributed by atoms with E-state index in [-0.39, 0.29) is 17.3 Å². The smallest absolute Gasteiger partial charge is 0.126 e. The van der Waals surface area contributed by atoms with E-state index in [0.717, 1.165) is 13.8 Å². The Hall–Kier alpha value is -1.65. The van der Waals surface area contributed by atoms with Crippen molar-refractivity contribution >= 4 is 28.9 Å². The lowest BCUT2D eigenvalue weighted by atomic mass is 10.6. The second kappa shape index (κ2) is 26.0. The zero-order chi connectivity index (χ0) is 22.9. The first kappa shape index (κ1) is 14.8. The van der Waals surface area contributed by atoms with E-state index in [1.54, 1.807) is 0 Å². The van der Waals surface area contributed by atoms with E-state index < -0.39 is 25.3 Å². The van der Waals surface area contributed by atoms with Gasteiger partial charge in [-0.05, 0) is 69.1 Å². The zero-order valence-electron chi connectivity index (χ0n) is 19.5. The Labute approximate surface area is 131 Å². The van der Waals surface area contributed by atoms with Crippen LogP contribution >= 0.6 is 0 Å². The molecule has 0 aromatic heterocycles. The number of rotatable bonds is 0. The van der Waals surface area contributed by atoms with Crippen LogP contribution in [-0.2, 0) is 24.0 Å². The molecule has 0 radical (unpaired) electrons. The van der Waals surface area contributed by atoms with Crippen LogP contribution in [0.3, 0.4) is 0 Å². The molecule has 0 saturated heterocycles. The first-order valence-electron chi connectivity index (χ1n) is 8.52. The summed E-state index contributed by atoms with van der Waals surface area (Å²) in [6.45, 7) is 6.49. The average molecular weight is 303 g/mol. The van der Waals surface area contributed by atoms with Crippen molar-refractivity contribution in [2.45, 2.75) is 69.1 Å². The summed E-state index contributed by atoms with van der Waals surface area (Å²) in [6.07, 6.45) is 0. The van der Waals surface area contributed by atoms with Gasteiger partial charge in [0.2, 0.25) is 0 Å². The van der Waals surface area contributed by atoms with Gasteiger partial charge in [-0.1, -0.05) is 0 Å². The van der Waals surface area contributed by atoms with Gasteiger partial charge in [0.1, 0.15) is 28.9 Å². The quantitative estimate of drug-likeness (QED) is 0.642. The highest BCUT2D eigenvalue weighted by Crippen LogP contribution is 1.52. The molecule has 0 aromatic carbocycles. The molecule has 0 bridgehead atoms. The van der Waals surface area contributed by atoms with Gasteiger partial charge >= 0.3 is 0 Å². The highest BCUT2D eigenvalue weighted by molar-refractivity contribution is 5.73. The van der Waals surface area contributed by atoms with Crippen LogP contribution in [-0.4, -0.2) is 28.9 Å². The van der Waals surface area contributed by atoms with Gasteiger partial charge in [0.25, 0.3) is 0 Å². The fourth-order valence-electron chi connectivity index (χ4n) is 0. The summed E-state index contributed by atoms with van der Waals surface area (Å²) < 4.78 is 38.2. The third-order valence-electron chi connectivity index (χ3n) is 0. The molecule has 0 aliphatic carbocycles. The highest BCUT2D eigenvalue weighted by Gasteiger charge is 1.63. The summed E-state index contributed by atoms with van der Waals surface area (Å²) in [5.74, 6) is -1.01.